The van der Waals surface area contributed by atoms with Crippen LogP contribution in [0.5, 0.6) is 23.0 Å². The van der Waals surface area contributed by atoms with E-state index in [9.17, 15) is 0 Å². The third-order valence-electron chi connectivity index (χ3n) is 15.8. The molecule has 1 aliphatic carbocycles. The van der Waals surface area contributed by atoms with Gasteiger partial charge in [0.15, 0.2) is 35.9 Å². The van der Waals surface area contributed by atoms with Gasteiger partial charge in [-0.25, -0.2) is 0 Å². The highest BCUT2D eigenvalue weighted by atomic mass is 32.1. The summed E-state index contributed by atoms with van der Waals surface area (Å²) < 4.78 is 23.1. The summed E-state index contributed by atoms with van der Waals surface area (Å²) in [7, 11) is 0.631. The van der Waals surface area contributed by atoms with E-state index >= 15 is 0 Å². The quantitative estimate of drug-likeness (QED) is 0.174. The Morgan fingerprint density at radius 3 is 2.00 bits per heavy atom. The van der Waals surface area contributed by atoms with E-state index in [2.05, 4.69) is 191 Å². The molecule has 11 aromatic rings. The number of ether oxygens (including phenoxy) is 2. The van der Waals surface area contributed by atoms with Gasteiger partial charge in [-0.05, 0) is 138 Å². The average molecular weight is 939 g/mol. The van der Waals surface area contributed by atoms with Gasteiger partial charge in [0, 0.05) is 70.9 Å². The Bertz CT molecular complexity index is 4050. The molecule has 0 saturated carbocycles. The van der Waals surface area contributed by atoms with Crippen LogP contribution < -0.4 is 30.6 Å². The largest absolute Gasteiger partial charge is 0.454 e. The maximum atomic E-state index is 7.20. The maximum absolute atomic E-state index is 7.20. The van der Waals surface area contributed by atoms with E-state index in [1.54, 1.807) is 0 Å². The lowest BCUT2D eigenvalue weighted by Gasteiger charge is -2.43. The van der Waals surface area contributed by atoms with Crippen molar-refractivity contribution >= 4 is 100 Å². The fourth-order valence-electron chi connectivity index (χ4n) is 11.9. The van der Waals surface area contributed by atoms with Gasteiger partial charge >= 0.3 is 0 Å². The van der Waals surface area contributed by atoms with Crippen LogP contribution in [-0.2, 0) is 10.8 Å². The van der Waals surface area contributed by atoms with E-state index in [-0.39, 0.29) is 10.8 Å². The van der Waals surface area contributed by atoms with Gasteiger partial charge in [-0.1, -0.05) is 130 Å². The van der Waals surface area contributed by atoms with Crippen LogP contribution in [0.15, 0.2) is 168 Å². The highest BCUT2D eigenvalue weighted by Gasteiger charge is 2.40. The van der Waals surface area contributed by atoms with Crippen LogP contribution in [0.25, 0.3) is 64.4 Å². The first-order valence-electron chi connectivity index (χ1n) is 24.9. The Morgan fingerprint density at radius 1 is 0.535 bits per heavy atom. The van der Waals surface area contributed by atoms with Crippen molar-refractivity contribution in [3.63, 3.8) is 0 Å². The van der Waals surface area contributed by atoms with E-state index in [0.717, 1.165) is 85.4 Å². The van der Waals surface area contributed by atoms with E-state index in [4.69, 9.17) is 13.9 Å². The highest BCUT2D eigenvalue weighted by molar-refractivity contribution is 7.25. The Labute approximate surface area is 418 Å². The summed E-state index contributed by atoms with van der Waals surface area (Å²) in [5.41, 5.74) is 19.3. The van der Waals surface area contributed by atoms with Crippen molar-refractivity contribution in [2.45, 2.75) is 65.2 Å². The Balaban J connectivity index is 1.09. The molecule has 7 heteroatoms. The first-order chi connectivity index (χ1) is 34.5. The molecule has 9 aromatic carbocycles. The van der Waals surface area contributed by atoms with E-state index in [0.29, 0.717) is 30.3 Å². The summed E-state index contributed by atoms with van der Waals surface area (Å²) in [6.07, 6.45) is 2.26. The van der Waals surface area contributed by atoms with Gasteiger partial charge in [-0.2, -0.15) is 0 Å². The topological polar surface area (TPSA) is 46.9 Å². The minimum atomic E-state index is -0.0182. The Morgan fingerprint density at radius 2 is 1.21 bits per heavy atom. The number of anilines is 5. The van der Waals surface area contributed by atoms with Gasteiger partial charge in [0.05, 0.1) is 5.69 Å². The molecule has 0 fully saturated rings. The molecule has 4 heterocycles. The van der Waals surface area contributed by atoms with Gasteiger partial charge in [-0.15, -0.1) is 11.3 Å². The summed E-state index contributed by atoms with van der Waals surface area (Å²) >= 11 is 1.85. The van der Waals surface area contributed by atoms with Crippen LogP contribution in [0.4, 0.5) is 28.4 Å². The van der Waals surface area contributed by atoms with Crippen molar-refractivity contribution in [3.05, 3.63) is 186 Å². The molecule has 14 rings (SSSR count). The molecular formula is C64H51BN2O3S. The third-order valence-corrected chi connectivity index (χ3v) is 16.9. The SMILES string of the molecule is Cc1ccc(Nc2cc3sc4ccccc4c3cc2-c2cc3c(oc4ccccc43)c3c2Bc2cc4c(cc2N3c2cc3c(cc2C)C(C)(C)CCC3(C)C)Oc2ccccc2O4)c(-c2ccccc2)c1. The van der Waals surface area contributed by atoms with Gasteiger partial charge in [0.2, 0.25) is 0 Å². The molecule has 71 heavy (non-hydrogen) atoms. The number of furan rings is 1. The standard InChI is InChI=1S/C64H51BN2O3S/c1-36-24-25-49(41(28-36)38-16-8-7-9-17-38)66-50-34-59-43(40-19-11-15-23-58(40)71-59)30-42(50)44-31-45-39-18-10-12-20-53(39)70-62(45)61-60(44)65-48-33-56-57(69-55-22-14-13-21-54(55)68-56)35-52(48)67(61)51-32-47-46(29-37(51)2)63(3,4)26-27-64(47,5)6/h7-25,28-35,65-66H,26-27H2,1-6H3. The fourth-order valence-corrected chi connectivity index (χ4v) is 13.0. The smallest absolute Gasteiger partial charge is 0.198 e. The molecule has 2 aliphatic heterocycles. The van der Waals surface area contributed by atoms with Gasteiger partial charge in [0.1, 0.15) is 5.58 Å². The number of para-hydroxylation sites is 3. The van der Waals surface area contributed by atoms with Crippen molar-refractivity contribution in [3.8, 4) is 45.3 Å². The first-order valence-corrected chi connectivity index (χ1v) is 25.7. The number of fused-ring (bicyclic) bond motifs is 12. The molecule has 0 atom stereocenters. The zero-order valence-electron chi connectivity index (χ0n) is 40.8. The molecule has 1 N–H and O–H groups in total. The number of aryl methyl sites for hydroxylation is 2. The number of rotatable bonds is 5. The van der Waals surface area contributed by atoms with Crippen LogP contribution in [0, 0.1) is 13.8 Å². The van der Waals surface area contributed by atoms with Crippen LogP contribution in [0.2, 0.25) is 0 Å². The number of hydrogen-bond acceptors (Lipinski definition) is 6. The third kappa shape index (κ3) is 6.59. The second-order valence-electron chi connectivity index (χ2n) is 21.3. The summed E-state index contributed by atoms with van der Waals surface area (Å²) in [5, 5.41) is 8.76. The van der Waals surface area contributed by atoms with Gasteiger partial charge < -0.3 is 24.1 Å². The number of nitrogens with zero attached hydrogens (tertiary/aromatic N) is 1. The van der Waals surface area contributed by atoms with Crippen molar-refractivity contribution in [2.24, 2.45) is 0 Å². The number of thiophene rings is 1. The number of nitrogens with one attached hydrogen (secondary N) is 1. The molecule has 2 aromatic heterocycles. The lowest BCUT2D eigenvalue weighted by molar-refractivity contribution is 0.332. The van der Waals surface area contributed by atoms with E-state index < -0.39 is 0 Å². The van der Waals surface area contributed by atoms with Crippen molar-refractivity contribution in [1.29, 1.82) is 0 Å². The van der Waals surface area contributed by atoms with Crippen LogP contribution >= 0.6 is 11.3 Å². The molecule has 5 nitrogen and oxygen atoms in total. The molecule has 0 unspecified atom stereocenters. The molecular weight excluding hydrogens is 888 g/mol. The normalized spacial score (nSPS) is 15.0. The molecule has 0 radical (unpaired) electrons. The lowest BCUT2D eigenvalue weighted by Crippen LogP contribution is -2.42. The molecule has 0 amide bonds. The van der Waals surface area contributed by atoms with Crippen LogP contribution in [0.1, 0.15) is 62.8 Å². The van der Waals surface area contributed by atoms with Gasteiger partial charge in [0.25, 0.3) is 0 Å². The predicted molar refractivity (Wildman–Crippen MR) is 300 cm³/mol. The number of hydrogen-bond donors (Lipinski definition) is 1. The van der Waals surface area contributed by atoms with Crippen LogP contribution in [-0.4, -0.2) is 7.28 Å². The number of benzene rings is 9. The summed E-state index contributed by atoms with van der Waals surface area (Å²) in [6.45, 7) is 14.1. The second kappa shape index (κ2) is 15.4. The summed E-state index contributed by atoms with van der Waals surface area (Å²) in [5.74, 6) is 2.83. The predicted octanol–water partition coefficient (Wildman–Crippen LogP) is 17.1. The fraction of sp³-hybridized carbons (Fsp3) is 0.156. The van der Waals surface area contributed by atoms with E-state index in [1.807, 2.05) is 35.6 Å². The maximum Gasteiger partial charge on any atom is 0.198 e. The zero-order chi connectivity index (χ0) is 47.9. The second-order valence-corrected chi connectivity index (χ2v) is 22.4. The molecule has 344 valence electrons. The zero-order valence-corrected chi connectivity index (χ0v) is 41.6. The molecule has 0 bridgehead atoms. The van der Waals surface area contributed by atoms with Crippen molar-refractivity contribution in [1.82, 2.24) is 0 Å². The molecule has 3 aliphatic rings. The van der Waals surface area contributed by atoms with Crippen LogP contribution in [0.3, 0.4) is 0 Å². The lowest BCUT2D eigenvalue weighted by atomic mass is 9.57. The first kappa shape index (κ1) is 42.2. The van der Waals surface area contributed by atoms with Crippen molar-refractivity contribution < 1.29 is 13.9 Å². The van der Waals surface area contributed by atoms with Crippen molar-refractivity contribution in [2.75, 3.05) is 10.2 Å². The molecule has 0 saturated heterocycles. The summed E-state index contributed by atoms with van der Waals surface area (Å²) in [4.78, 5) is 2.51. The highest BCUT2D eigenvalue weighted by Crippen LogP contribution is 2.54. The average Bonchev–Trinajstić information content (AvgIpc) is 3.94. The minimum Gasteiger partial charge on any atom is -0.454 e. The minimum absolute atomic E-state index is 0.0182. The van der Waals surface area contributed by atoms with E-state index in [1.165, 1.54) is 53.5 Å². The van der Waals surface area contributed by atoms with Gasteiger partial charge in [-0.3, -0.25) is 0 Å². The Kier molecular flexibility index (Phi) is 9.14. The molecule has 0 spiro atoms. The monoisotopic (exact) mass is 938 g/mol. The Hall–Kier alpha value is -7.74. The summed E-state index contributed by atoms with van der Waals surface area (Å²) in [6, 6.07) is 59.4.